The molecule has 3 rings (SSSR count). The van der Waals surface area contributed by atoms with E-state index < -0.39 is 5.60 Å². The largest absolute Gasteiger partial charge is 0.444 e. The molecule has 0 aliphatic carbocycles. The highest BCUT2D eigenvalue weighted by atomic mass is 35.5. The molecule has 1 atom stereocenters. The molecule has 0 saturated carbocycles. The van der Waals surface area contributed by atoms with Crippen LogP contribution in [0.25, 0.3) is 0 Å². The number of aromatic nitrogens is 1. The van der Waals surface area contributed by atoms with Crippen LogP contribution in [0, 0.1) is 5.92 Å². The summed E-state index contributed by atoms with van der Waals surface area (Å²) in [5.41, 5.74) is 1.89. The van der Waals surface area contributed by atoms with E-state index in [2.05, 4.69) is 15.2 Å². The van der Waals surface area contributed by atoms with Crippen LogP contribution in [0.15, 0.2) is 12.3 Å². The number of rotatable bonds is 5. The molecule has 29 heavy (non-hydrogen) atoms. The molecule has 6 nitrogen and oxygen atoms in total. The van der Waals surface area contributed by atoms with Gasteiger partial charge in [-0.3, -0.25) is 0 Å². The van der Waals surface area contributed by atoms with Gasteiger partial charge in [0.2, 0.25) is 0 Å². The SMILES string of the molecule is CC(C)(C)OC(=O)N[C@H]1CCCN(c2cc(Cl)ncc2CCC2CCOCC2)C1. The molecule has 1 amide bonds. The number of carbonyl (C=O) groups is 1. The quantitative estimate of drug-likeness (QED) is 0.702. The van der Waals surface area contributed by atoms with E-state index in [0.29, 0.717) is 5.15 Å². The highest BCUT2D eigenvalue weighted by Crippen LogP contribution is 2.29. The summed E-state index contributed by atoms with van der Waals surface area (Å²) in [5, 5.41) is 3.54. The van der Waals surface area contributed by atoms with Gasteiger partial charge in [0.15, 0.2) is 0 Å². The highest BCUT2D eigenvalue weighted by molar-refractivity contribution is 6.29. The van der Waals surface area contributed by atoms with E-state index in [4.69, 9.17) is 21.1 Å². The molecule has 0 unspecified atom stereocenters. The molecule has 3 heterocycles. The lowest BCUT2D eigenvalue weighted by atomic mass is 9.92. The third-order valence-electron chi connectivity index (χ3n) is 5.57. The minimum atomic E-state index is -0.492. The monoisotopic (exact) mass is 423 g/mol. The predicted molar refractivity (Wildman–Crippen MR) is 116 cm³/mol. The van der Waals surface area contributed by atoms with Crippen LogP contribution in [0.5, 0.6) is 0 Å². The molecule has 162 valence electrons. The van der Waals surface area contributed by atoms with E-state index in [-0.39, 0.29) is 12.1 Å². The molecule has 1 aromatic heterocycles. The zero-order valence-corrected chi connectivity index (χ0v) is 18.6. The summed E-state index contributed by atoms with van der Waals surface area (Å²) in [7, 11) is 0. The van der Waals surface area contributed by atoms with Gasteiger partial charge < -0.3 is 19.7 Å². The molecule has 0 spiro atoms. The van der Waals surface area contributed by atoms with Gasteiger partial charge in [0.05, 0.1) is 0 Å². The van der Waals surface area contributed by atoms with E-state index in [1.807, 2.05) is 33.0 Å². The molecule has 2 fully saturated rings. The minimum absolute atomic E-state index is 0.0638. The van der Waals surface area contributed by atoms with Crippen LogP contribution in [-0.4, -0.2) is 49.0 Å². The molecule has 0 bridgehead atoms. The number of halogens is 1. The second-order valence-electron chi connectivity index (χ2n) is 9.16. The van der Waals surface area contributed by atoms with Gasteiger partial charge in [0.25, 0.3) is 0 Å². The van der Waals surface area contributed by atoms with Crippen molar-refractivity contribution in [3.63, 3.8) is 0 Å². The number of nitrogens with zero attached hydrogens (tertiary/aromatic N) is 2. The Hall–Kier alpha value is -1.53. The fourth-order valence-corrected chi connectivity index (χ4v) is 4.27. The van der Waals surface area contributed by atoms with Crippen LogP contribution in [0.2, 0.25) is 5.15 Å². The molecular weight excluding hydrogens is 390 g/mol. The summed E-state index contributed by atoms with van der Waals surface area (Å²) in [6.45, 7) is 9.10. The van der Waals surface area contributed by atoms with Gasteiger partial charge in [-0.1, -0.05) is 11.6 Å². The van der Waals surface area contributed by atoms with Crippen LogP contribution in [-0.2, 0) is 15.9 Å². The van der Waals surface area contributed by atoms with Gasteiger partial charge in [-0.25, -0.2) is 9.78 Å². The zero-order chi connectivity index (χ0) is 20.9. The molecule has 1 N–H and O–H groups in total. The van der Waals surface area contributed by atoms with Gasteiger partial charge in [-0.15, -0.1) is 0 Å². The van der Waals surface area contributed by atoms with E-state index in [9.17, 15) is 4.79 Å². The summed E-state index contributed by atoms with van der Waals surface area (Å²) in [6.07, 6.45) is 7.95. The van der Waals surface area contributed by atoms with E-state index in [1.54, 1.807) is 0 Å². The number of hydrogen-bond donors (Lipinski definition) is 1. The number of hydrogen-bond acceptors (Lipinski definition) is 5. The molecule has 7 heteroatoms. The minimum Gasteiger partial charge on any atom is -0.444 e. The Balaban J connectivity index is 1.63. The van der Waals surface area contributed by atoms with Crippen molar-refractivity contribution in [3.05, 3.63) is 23.0 Å². The average molecular weight is 424 g/mol. The maximum Gasteiger partial charge on any atom is 0.407 e. The number of pyridine rings is 1. The molecule has 0 aromatic carbocycles. The molecule has 2 aliphatic rings. The number of piperidine rings is 1. The van der Waals surface area contributed by atoms with E-state index in [1.165, 1.54) is 5.56 Å². The Bertz CT molecular complexity index is 686. The van der Waals surface area contributed by atoms with Crippen LogP contribution >= 0.6 is 11.6 Å². The highest BCUT2D eigenvalue weighted by Gasteiger charge is 2.26. The fraction of sp³-hybridized carbons (Fsp3) is 0.727. The van der Waals surface area contributed by atoms with Gasteiger partial charge in [-0.2, -0.15) is 0 Å². The zero-order valence-electron chi connectivity index (χ0n) is 17.9. The Morgan fingerprint density at radius 2 is 2.10 bits per heavy atom. The topological polar surface area (TPSA) is 63.7 Å². The van der Waals surface area contributed by atoms with Gasteiger partial charge in [-0.05, 0) is 76.8 Å². The first kappa shape index (κ1) is 22.2. The summed E-state index contributed by atoms with van der Waals surface area (Å²) < 4.78 is 10.9. The van der Waals surface area contributed by atoms with Crippen molar-refractivity contribution >= 4 is 23.4 Å². The Kier molecular flexibility index (Phi) is 7.63. The first-order chi connectivity index (χ1) is 13.8. The van der Waals surface area contributed by atoms with Crippen molar-refractivity contribution in [2.75, 3.05) is 31.2 Å². The summed E-state index contributed by atoms with van der Waals surface area (Å²) in [4.78, 5) is 18.8. The molecule has 2 aliphatic heterocycles. The van der Waals surface area contributed by atoms with Crippen LogP contribution < -0.4 is 10.2 Å². The summed E-state index contributed by atoms with van der Waals surface area (Å²) >= 11 is 6.23. The van der Waals surface area contributed by atoms with Crippen molar-refractivity contribution in [3.8, 4) is 0 Å². The van der Waals surface area contributed by atoms with Crippen LogP contribution in [0.4, 0.5) is 10.5 Å². The number of alkyl carbamates (subject to hydrolysis) is 1. The number of carbonyl (C=O) groups excluding carboxylic acids is 1. The lowest BCUT2D eigenvalue weighted by Gasteiger charge is -2.36. The summed E-state index contributed by atoms with van der Waals surface area (Å²) in [6, 6.07) is 2.03. The van der Waals surface area contributed by atoms with Crippen molar-refractivity contribution < 1.29 is 14.3 Å². The lowest BCUT2D eigenvalue weighted by molar-refractivity contribution is 0.0500. The Labute approximate surface area is 179 Å². The standard InChI is InChI=1S/C22H34ClN3O3/c1-22(2,3)29-21(27)25-18-5-4-10-26(15-18)19-13-20(23)24-14-17(19)7-6-16-8-11-28-12-9-16/h13-14,16,18H,4-12,15H2,1-3H3,(H,25,27)/t18-/m0/s1. The smallest absolute Gasteiger partial charge is 0.407 e. The number of anilines is 1. The van der Waals surface area contributed by atoms with Crippen LogP contribution in [0.3, 0.4) is 0 Å². The molecule has 0 radical (unpaired) electrons. The second-order valence-corrected chi connectivity index (χ2v) is 9.55. The van der Waals surface area contributed by atoms with Crippen molar-refractivity contribution in [2.24, 2.45) is 5.92 Å². The van der Waals surface area contributed by atoms with Gasteiger partial charge in [0, 0.05) is 44.2 Å². The summed E-state index contributed by atoms with van der Waals surface area (Å²) in [5.74, 6) is 0.718. The predicted octanol–water partition coefficient (Wildman–Crippen LogP) is 4.59. The lowest BCUT2D eigenvalue weighted by Crippen LogP contribution is -2.49. The Morgan fingerprint density at radius 1 is 1.34 bits per heavy atom. The van der Waals surface area contributed by atoms with Crippen molar-refractivity contribution in [2.45, 2.75) is 70.9 Å². The van der Waals surface area contributed by atoms with Crippen LogP contribution in [0.1, 0.15) is 58.4 Å². The number of aryl methyl sites for hydroxylation is 1. The average Bonchev–Trinajstić information content (AvgIpc) is 2.66. The van der Waals surface area contributed by atoms with Crippen molar-refractivity contribution in [1.29, 1.82) is 0 Å². The Morgan fingerprint density at radius 3 is 2.83 bits per heavy atom. The number of ether oxygens (including phenoxy) is 2. The van der Waals surface area contributed by atoms with Gasteiger partial charge in [0.1, 0.15) is 10.8 Å². The van der Waals surface area contributed by atoms with E-state index in [0.717, 1.165) is 76.4 Å². The van der Waals surface area contributed by atoms with Gasteiger partial charge >= 0.3 is 6.09 Å². The third kappa shape index (κ3) is 7.03. The first-order valence-corrected chi connectivity index (χ1v) is 11.1. The van der Waals surface area contributed by atoms with Crippen molar-refractivity contribution in [1.82, 2.24) is 10.3 Å². The number of amides is 1. The molecular formula is C22H34ClN3O3. The second kappa shape index (κ2) is 9.98. The maximum atomic E-state index is 12.2. The fourth-order valence-electron chi connectivity index (χ4n) is 4.12. The molecule has 2 saturated heterocycles. The maximum absolute atomic E-state index is 12.2. The first-order valence-electron chi connectivity index (χ1n) is 10.8. The normalized spacial score (nSPS) is 21.1. The molecule has 1 aromatic rings. The third-order valence-corrected chi connectivity index (χ3v) is 5.78. The van der Waals surface area contributed by atoms with E-state index >= 15 is 0 Å². The number of nitrogens with one attached hydrogen (secondary N) is 1.